The highest BCUT2D eigenvalue weighted by Crippen LogP contribution is 2.27. The Labute approximate surface area is 102 Å². The maximum Gasteiger partial charge on any atom is 0.136 e. The molecule has 2 nitrogen and oxygen atoms in total. The number of carbonyl (C=O) groups is 1. The second-order valence-corrected chi connectivity index (χ2v) is 6.03. The van der Waals surface area contributed by atoms with E-state index in [1.54, 1.807) is 18.3 Å². The van der Waals surface area contributed by atoms with Gasteiger partial charge in [0.05, 0.1) is 0 Å². The molecule has 0 spiro atoms. The van der Waals surface area contributed by atoms with Crippen LogP contribution >= 0.6 is 11.3 Å². The van der Waals surface area contributed by atoms with Crippen LogP contribution in [0.25, 0.3) is 0 Å². The maximum absolute atomic E-state index is 11.5. The molecule has 0 aromatic carbocycles. The van der Waals surface area contributed by atoms with Crippen LogP contribution in [0, 0.1) is 5.41 Å². The van der Waals surface area contributed by atoms with Crippen LogP contribution in [0.2, 0.25) is 0 Å². The number of hydrogen-bond acceptors (Lipinski definition) is 3. The van der Waals surface area contributed by atoms with Crippen molar-refractivity contribution in [3.05, 3.63) is 22.4 Å². The number of nitrogens with zero attached hydrogens (tertiary/aromatic N) is 1. The number of ketones is 1. The Morgan fingerprint density at radius 1 is 1.56 bits per heavy atom. The maximum atomic E-state index is 11.5. The third kappa shape index (κ3) is 3.16. The highest BCUT2D eigenvalue weighted by molar-refractivity contribution is 7.10. The Morgan fingerprint density at radius 2 is 2.19 bits per heavy atom. The molecule has 1 atom stereocenters. The fraction of sp³-hybridized carbons (Fsp3) is 0.615. The zero-order chi connectivity index (χ0) is 12.3. The summed E-state index contributed by atoms with van der Waals surface area (Å²) in [7, 11) is 2.08. The summed E-state index contributed by atoms with van der Waals surface area (Å²) in [5.74, 6) is 0.248. The molecule has 90 valence electrons. The van der Waals surface area contributed by atoms with E-state index in [-0.39, 0.29) is 11.2 Å². The number of Topliss-reactive ketones (excluding diaryl/α,β-unsaturated/α-hetero) is 1. The molecule has 0 amide bonds. The summed E-state index contributed by atoms with van der Waals surface area (Å²) in [6.45, 7) is 8.66. The van der Waals surface area contributed by atoms with Gasteiger partial charge in [0.25, 0.3) is 0 Å². The molecule has 0 aliphatic rings. The smallest absolute Gasteiger partial charge is 0.136 e. The van der Waals surface area contributed by atoms with Crippen LogP contribution in [0.15, 0.2) is 17.5 Å². The van der Waals surface area contributed by atoms with E-state index in [1.165, 1.54) is 4.88 Å². The van der Waals surface area contributed by atoms with Crippen molar-refractivity contribution in [2.24, 2.45) is 5.41 Å². The highest BCUT2D eigenvalue weighted by Gasteiger charge is 2.27. The van der Waals surface area contributed by atoms with Crippen molar-refractivity contribution in [1.82, 2.24) is 4.90 Å². The van der Waals surface area contributed by atoms with Gasteiger partial charge < -0.3 is 0 Å². The average molecular weight is 239 g/mol. The molecule has 3 heteroatoms. The van der Waals surface area contributed by atoms with E-state index in [0.717, 1.165) is 6.54 Å². The van der Waals surface area contributed by atoms with Gasteiger partial charge in [-0.15, -0.1) is 11.3 Å². The van der Waals surface area contributed by atoms with Crippen molar-refractivity contribution >= 4 is 17.1 Å². The highest BCUT2D eigenvalue weighted by atomic mass is 32.1. The van der Waals surface area contributed by atoms with Gasteiger partial charge in [0.15, 0.2) is 0 Å². The first kappa shape index (κ1) is 13.4. The van der Waals surface area contributed by atoms with Gasteiger partial charge in [-0.1, -0.05) is 19.9 Å². The molecule has 1 heterocycles. The molecule has 0 radical (unpaired) electrons. The summed E-state index contributed by atoms with van der Waals surface area (Å²) < 4.78 is 0. The standard InChI is InChI=1S/C13H21NOS/c1-10(12-7-6-8-16-12)14(5)9-13(3,4)11(2)15/h6-8,10H,9H2,1-5H3. The third-order valence-electron chi connectivity index (χ3n) is 3.21. The van der Waals surface area contributed by atoms with Gasteiger partial charge in [-0.05, 0) is 32.3 Å². The molecule has 1 rings (SSSR count). The lowest BCUT2D eigenvalue weighted by atomic mass is 9.88. The molecule has 0 fully saturated rings. The van der Waals surface area contributed by atoms with Crippen LogP contribution in [0.4, 0.5) is 0 Å². The van der Waals surface area contributed by atoms with Gasteiger partial charge in [-0.25, -0.2) is 0 Å². The summed E-state index contributed by atoms with van der Waals surface area (Å²) in [6, 6.07) is 4.59. The number of carbonyl (C=O) groups excluding carboxylic acids is 1. The zero-order valence-corrected chi connectivity index (χ0v) is 11.6. The fourth-order valence-electron chi connectivity index (χ4n) is 1.62. The first-order valence-corrected chi connectivity index (χ1v) is 6.47. The second kappa shape index (κ2) is 5.11. The molecular formula is C13H21NOS. The number of rotatable bonds is 5. The second-order valence-electron chi connectivity index (χ2n) is 5.05. The van der Waals surface area contributed by atoms with Gasteiger partial charge in [0.1, 0.15) is 5.78 Å². The lowest BCUT2D eigenvalue weighted by molar-refractivity contribution is -0.125. The van der Waals surface area contributed by atoms with Crippen LogP contribution < -0.4 is 0 Å². The normalized spacial score (nSPS) is 14.1. The van der Waals surface area contributed by atoms with Crippen LogP contribution in [-0.2, 0) is 4.79 Å². The van der Waals surface area contributed by atoms with Gasteiger partial charge in [-0.3, -0.25) is 9.69 Å². The lowest BCUT2D eigenvalue weighted by Gasteiger charge is -2.31. The summed E-state index contributed by atoms with van der Waals surface area (Å²) in [6.07, 6.45) is 0. The summed E-state index contributed by atoms with van der Waals surface area (Å²) in [5, 5.41) is 2.09. The van der Waals surface area contributed by atoms with Crippen LogP contribution in [0.5, 0.6) is 0 Å². The van der Waals surface area contributed by atoms with Crippen LogP contribution in [-0.4, -0.2) is 24.3 Å². The summed E-state index contributed by atoms with van der Waals surface area (Å²) >= 11 is 1.77. The van der Waals surface area contributed by atoms with E-state index in [9.17, 15) is 4.79 Å². The molecule has 1 aromatic rings. The minimum atomic E-state index is -0.264. The quantitative estimate of drug-likeness (QED) is 0.785. The van der Waals surface area contributed by atoms with E-state index in [2.05, 4.69) is 36.4 Å². The van der Waals surface area contributed by atoms with Gasteiger partial charge in [-0.2, -0.15) is 0 Å². The van der Waals surface area contributed by atoms with Gasteiger partial charge >= 0.3 is 0 Å². The fourth-order valence-corrected chi connectivity index (χ4v) is 2.47. The molecule has 16 heavy (non-hydrogen) atoms. The van der Waals surface area contributed by atoms with E-state index in [4.69, 9.17) is 0 Å². The largest absolute Gasteiger partial charge is 0.299 e. The van der Waals surface area contributed by atoms with Crippen LogP contribution in [0.1, 0.15) is 38.6 Å². The predicted molar refractivity (Wildman–Crippen MR) is 69.8 cm³/mol. The monoisotopic (exact) mass is 239 g/mol. The SMILES string of the molecule is CC(=O)C(C)(C)CN(C)C(C)c1cccs1. The van der Waals surface area contributed by atoms with Crippen molar-refractivity contribution in [3.63, 3.8) is 0 Å². The molecule has 1 aromatic heterocycles. The molecule has 1 unspecified atom stereocenters. The van der Waals surface area contributed by atoms with Crippen molar-refractivity contribution in [2.75, 3.05) is 13.6 Å². The lowest BCUT2D eigenvalue weighted by Crippen LogP contribution is -2.37. The third-order valence-corrected chi connectivity index (χ3v) is 4.26. The topological polar surface area (TPSA) is 20.3 Å². The molecule has 0 N–H and O–H groups in total. The van der Waals surface area contributed by atoms with Crippen LogP contribution in [0.3, 0.4) is 0 Å². The zero-order valence-electron chi connectivity index (χ0n) is 10.8. The van der Waals surface area contributed by atoms with E-state index in [0.29, 0.717) is 6.04 Å². The molecule has 0 aliphatic heterocycles. The summed E-state index contributed by atoms with van der Waals surface area (Å²) in [4.78, 5) is 15.1. The van der Waals surface area contributed by atoms with Crippen molar-refractivity contribution in [2.45, 2.75) is 33.7 Å². The van der Waals surface area contributed by atoms with Crippen molar-refractivity contribution in [1.29, 1.82) is 0 Å². The van der Waals surface area contributed by atoms with Crippen molar-refractivity contribution < 1.29 is 4.79 Å². The Balaban J connectivity index is 2.66. The van der Waals surface area contributed by atoms with E-state index < -0.39 is 0 Å². The van der Waals surface area contributed by atoms with Gasteiger partial charge in [0.2, 0.25) is 0 Å². The first-order chi connectivity index (χ1) is 7.34. The van der Waals surface area contributed by atoms with E-state index in [1.807, 2.05) is 13.8 Å². The van der Waals surface area contributed by atoms with E-state index >= 15 is 0 Å². The molecule has 0 bridgehead atoms. The Kier molecular flexibility index (Phi) is 4.28. The molecule has 0 saturated heterocycles. The average Bonchev–Trinajstić information content (AvgIpc) is 2.68. The minimum Gasteiger partial charge on any atom is -0.299 e. The summed E-state index contributed by atoms with van der Waals surface area (Å²) in [5.41, 5.74) is -0.264. The Morgan fingerprint density at radius 3 is 2.62 bits per heavy atom. The molecule has 0 aliphatic carbocycles. The van der Waals surface area contributed by atoms with Gasteiger partial charge in [0, 0.05) is 22.9 Å². The van der Waals surface area contributed by atoms with Crippen molar-refractivity contribution in [3.8, 4) is 0 Å². The first-order valence-electron chi connectivity index (χ1n) is 5.59. The number of hydrogen-bond donors (Lipinski definition) is 0. The number of thiophene rings is 1. The Bertz CT molecular complexity index is 343. The minimum absolute atomic E-state index is 0.248. The molecular weight excluding hydrogens is 218 g/mol. The molecule has 0 saturated carbocycles. The predicted octanol–water partition coefficient (Wildman–Crippen LogP) is 3.36. The Hall–Kier alpha value is -0.670.